The topological polar surface area (TPSA) is 134 Å². The van der Waals surface area contributed by atoms with E-state index in [0.717, 1.165) is 10.4 Å². The molecule has 50 heavy (non-hydrogen) atoms. The molecule has 13 heteroatoms. The SMILES string of the molecule is CCC(Sc1cccc(NC(=O)/C(=C/c2ccccc2F)NC(=O)c2ccccc2)c1)C(=O)Nc1sc2c(c1C(=O)OC)CCN(C(C)=O)C2. The lowest BCUT2D eigenvalue weighted by molar-refractivity contribution is -0.129. The molecule has 4 amide bonds. The first-order valence-electron chi connectivity index (χ1n) is 15.8. The van der Waals surface area contributed by atoms with E-state index in [4.69, 9.17) is 4.74 Å². The number of hydrogen-bond acceptors (Lipinski definition) is 8. The molecule has 1 aliphatic heterocycles. The highest BCUT2D eigenvalue weighted by molar-refractivity contribution is 8.00. The van der Waals surface area contributed by atoms with Crippen LogP contribution in [0.4, 0.5) is 15.1 Å². The lowest BCUT2D eigenvalue weighted by Gasteiger charge is -2.25. The maximum Gasteiger partial charge on any atom is 0.341 e. The van der Waals surface area contributed by atoms with Crippen molar-refractivity contribution < 1.29 is 33.1 Å². The second kappa shape index (κ2) is 16.4. The van der Waals surface area contributed by atoms with Crippen LogP contribution in [-0.4, -0.2) is 53.4 Å². The third-order valence-electron chi connectivity index (χ3n) is 7.90. The number of halogens is 1. The van der Waals surface area contributed by atoms with Crippen LogP contribution < -0.4 is 16.0 Å². The molecule has 3 N–H and O–H groups in total. The van der Waals surface area contributed by atoms with Crippen LogP contribution in [0.1, 0.15) is 57.0 Å². The molecular weight excluding hydrogens is 680 g/mol. The Labute approximate surface area is 297 Å². The molecule has 0 saturated heterocycles. The van der Waals surface area contributed by atoms with E-state index >= 15 is 0 Å². The smallest absolute Gasteiger partial charge is 0.341 e. The first-order chi connectivity index (χ1) is 24.1. The average Bonchev–Trinajstić information content (AvgIpc) is 3.48. The quantitative estimate of drug-likeness (QED) is 0.0918. The van der Waals surface area contributed by atoms with Crippen molar-refractivity contribution >= 4 is 69.5 Å². The number of ether oxygens (including phenoxy) is 1. The van der Waals surface area contributed by atoms with Crippen LogP contribution in [0.5, 0.6) is 0 Å². The van der Waals surface area contributed by atoms with Crippen molar-refractivity contribution in [2.75, 3.05) is 24.3 Å². The predicted octanol–water partition coefficient (Wildman–Crippen LogP) is 6.50. The molecule has 1 aliphatic rings. The number of hydrogen-bond donors (Lipinski definition) is 3. The van der Waals surface area contributed by atoms with Crippen LogP contribution in [-0.2, 0) is 32.1 Å². The van der Waals surface area contributed by atoms with Gasteiger partial charge in [0.1, 0.15) is 16.5 Å². The van der Waals surface area contributed by atoms with Crippen LogP contribution in [0.25, 0.3) is 6.08 Å². The van der Waals surface area contributed by atoms with E-state index in [-0.39, 0.29) is 23.1 Å². The fraction of sp³-hybridized carbons (Fsp3) is 0.216. The number of nitrogens with one attached hydrogen (secondary N) is 3. The summed E-state index contributed by atoms with van der Waals surface area (Å²) in [5.74, 6) is -2.72. The maximum absolute atomic E-state index is 14.5. The van der Waals surface area contributed by atoms with Gasteiger partial charge in [0.15, 0.2) is 0 Å². The largest absolute Gasteiger partial charge is 0.465 e. The number of amides is 4. The van der Waals surface area contributed by atoms with Gasteiger partial charge in [0.05, 0.1) is 24.5 Å². The highest BCUT2D eigenvalue weighted by Gasteiger charge is 2.31. The lowest BCUT2D eigenvalue weighted by atomic mass is 10.0. The average molecular weight is 715 g/mol. The molecule has 0 saturated carbocycles. The second-order valence-corrected chi connectivity index (χ2v) is 13.7. The molecule has 1 unspecified atom stereocenters. The highest BCUT2D eigenvalue weighted by atomic mass is 32.2. The third-order valence-corrected chi connectivity index (χ3v) is 10.4. The highest BCUT2D eigenvalue weighted by Crippen LogP contribution is 2.38. The Bertz CT molecular complexity index is 1960. The molecule has 258 valence electrons. The second-order valence-electron chi connectivity index (χ2n) is 11.3. The zero-order valence-electron chi connectivity index (χ0n) is 27.6. The first-order valence-corrected chi connectivity index (χ1v) is 17.5. The van der Waals surface area contributed by atoms with Crippen LogP contribution >= 0.6 is 23.1 Å². The third kappa shape index (κ3) is 8.65. The number of thiophene rings is 1. The number of thioether (sulfide) groups is 1. The van der Waals surface area contributed by atoms with E-state index in [2.05, 4.69) is 16.0 Å². The predicted molar refractivity (Wildman–Crippen MR) is 192 cm³/mol. The van der Waals surface area contributed by atoms with Crippen molar-refractivity contribution in [2.24, 2.45) is 0 Å². The van der Waals surface area contributed by atoms with E-state index in [1.165, 1.54) is 61.4 Å². The van der Waals surface area contributed by atoms with Crippen molar-refractivity contribution in [2.45, 2.75) is 43.4 Å². The van der Waals surface area contributed by atoms with Crippen LogP contribution in [0.2, 0.25) is 0 Å². The summed E-state index contributed by atoms with van der Waals surface area (Å²) in [4.78, 5) is 68.0. The zero-order valence-corrected chi connectivity index (χ0v) is 29.2. The minimum atomic E-state index is -0.676. The van der Waals surface area contributed by atoms with Crippen molar-refractivity contribution in [3.63, 3.8) is 0 Å². The molecule has 4 aromatic rings. The van der Waals surface area contributed by atoms with Gasteiger partial charge in [0.25, 0.3) is 11.8 Å². The van der Waals surface area contributed by atoms with Crippen LogP contribution in [0, 0.1) is 5.82 Å². The number of carbonyl (C=O) groups is 5. The minimum Gasteiger partial charge on any atom is -0.465 e. The number of carbonyl (C=O) groups excluding carboxylic acids is 5. The van der Waals surface area contributed by atoms with Gasteiger partial charge < -0.3 is 25.6 Å². The van der Waals surface area contributed by atoms with Crippen molar-refractivity contribution in [1.29, 1.82) is 0 Å². The van der Waals surface area contributed by atoms with Gasteiger partial charge in [0, 0.05) is 40.1 Å². The number of nitrogens with zero attached hydrogens (tertiary/aromatic N) is 1. The van der Waals surface area contributed by atoms with Gasteiger partial charge in [-0.15, -0.1) is 23.1 Å². The molecule has 0 spiro atoms. The van der Waals surface area contributed by atoms with E-state index < -0.39 is 28.9 Å². The summed E-state index contributed by atoms with van der Waals surface area (Å²) in [7, 11) is 1.29. The van der Waals surface area contributed by atoms with Gasteiger partial charge in [0.2, 0.25) is 11.8 Å². The Kier molecular flexibility index (Phi) is 11.8. The molecule has 2 heterocycles. The van der Waals surface area contributed by atoms with Crippen molar-refractivity contribution in [3.05, 3.63) is 118 Å². The van der Waals surface area contributed by atoms with E-state index in [0.29, 0.717) is 52.6 Å². The van der Waals surface area contributed by atoms with Crippen molar-refractivity contribution in [3.8, 4) is 0 Å². The summed E-state index contributed by atoms with van der Waals surface area (Å²) >= 11 is 2.54. The zero-order chi connectivity index (χ0) is 35.8. The molecule has 1 aromatic heterocycles. The number of fused-ring (bicyclic) bond motifs is 1. The number of anilines is 2. The Hall–Kier alpha value is -5.27. The van der Waals surface area contributed by atoms with Crippen LogP contribution in [0.15, 0.2) is 89.5 Å². The summed E-state index contributed by atoms with van der Waals surface area (Å²) in [6.45, 7) is 4.18. The van der Waals surface area contributed by atoms with Gasteiger partial charge in [-0.3, -0.25) is 19.2 Å². The van der Waals surface area contributed by atoms with E-state index in [9.17, 15) is 28.4 Å². The monoisotopic (exact) mass is 714 g/mol. The molecule has 0 radical (unpaired) electrons. The Morgan fingerprint density at radius 2 is 1.74 bits per heavy atom. The maximum atomic E-state index is 14.5. The molecular formula is C37H35FN4O6S2. The fourth-order valence-electron chi connectivity index (χ4n) is 5.29. The summed E-state index contributed by atoms with van der Waals surface area (Å²) in [6.07, 6.45) is 2.19. The van der Waals surface area contributed by atoms with Gasteiger partial charge in [-0.2, -0.15) is 0 Å². The number of rotatable bonds is 11. The summed E-state index contributed by atoms with van der Waals surface area (Å²) in [5.41, 5.74) is 1.75. The summed E-state index contributed by atoms with van der Waals surface area (Å²) in [5, 5.41) is 8.10. The van der Waals surface area contributed by atoms with E-state index in [1.807, 2.05) is 6.92 Å². The number of benzene rings is 3. The standard InChI is InChI=1S/C37H35FN4O6S2/c1-4-30(35(46)41-36-32(37(47)48-3)27-17-18-42(22(2)43)21-31(27)50-36)49-26-15-10-14-25(20-26)39-34(45)29(19-24-13-8-9-16-28(24)38)40-33(44)23-11-6-5-7-12-23/h5-16,19-20,30H,4,17-18,21H2,1-3H3,(H,39,45)(H,40,44)(H,41,46)/b29-19-. The number of esters is 1. The van der Waals surface area contributed by atoms with Gasteiger partial charge >= 0.3 is 5.97 Å². The molecule has 1 atom stereocenters. The minimum absolute atomic E-state index is 0.0654. The first kappa shape index (κ1) is 36.0. The fourth-order valence-corrected chi connectivity index (χ4v) is 7.56. The molecule has 0 fully saturated rings. The Balaban J connectivity index is 1.32. The number of methoxy groups -OCH3 is 1. The molecule has 0 bridgehead atoms. The van der Waals surface area contributed by atoms with Crippen LogP contribution in [0.3, 0.4) is 0 Å². The van der Waals surface area contributed by atoms with Gasteiger partial charge in [-0.1, -0.05) is 49.4 Å². The summed E-state index contributed by atoms with van der Waals surface area (Å²) < 4.78 is 19.6. The van der Waals surface area contributed by atoms with Crippen molar-refractivity contribution in [1.82, 2.24) is 10.2 Å². The molecule has 3 aromatic carbocycles. The Morgan fingerprint density at radius 1 is 1.00 bits per heavy atom. The molecule has 0 aliphatic carbocycles. The van der Waals surface area contributed by atoms with Gasteiger partial charge in [-0.25, -0.2) is 9.18 Å². The van der Waals surface area contributed by atoms with E-state index in [1.54, 1.807) is 65.6 Å². The molecule has 5 rings (SSSR count). The van der Waals surface area contributed by atoms with Gasteiger partial charge in [-0.05, 0) is 60.9 Å². The molecule has 10 nitrogen and oxygen atoms in total. The lowest BCUT2D eigenvalue weighted by Crippen LogP contribution is -2.34. The summed E-state index contributed by atoms with van der Waals surface area (Å²) in [6, 6.07) is 21.1. The Morgan fingerprint density at radius 3 is 2.44 bits per heavy atom. The normalized spacial score (nSPS) is 13.1.